The third kappa shape index (κ3) is 3.69. The van der Waals surface area contributed by atoms with Crippen LogP contribution in [0.4, 0.5) is 8.78 Å². The maximum atomic E-state index is 14.2. The highest BCUT2D eigenvalue weighted by Gasteiger charge is 2.35. The van der Waals surface area contributed by atoms with E-state index in [-0.39, 0.29) is 5.56 Å². The van der Waals surface area contributed by atoms with Crippen molar-refractivity contribution in [3.63, 3.8) is 0 Å². The molecule has 2 aromatic rings. The Labute approximate surface area is 129 Å². The van der Waals surface area contributed by atoms with Crippen molar-refractivity contribution in [1.29, 1.82) is 5.26 Å². The summed E-state index contributed by atoms with van der Waals surface area (Å²) in [5.74, 6) is 0. The van der Waals surface area contributed by atoms with Gasteiger partial charge in [0.25, 0.3) is 0 Å². The molecule has 22 heavy (non-hydrogen) atoms. The van der Waals surface area contributed by atoms with Crippen LogP contribution in [0.2, 0.25) is 0 Å². The van der Waals surface area contributed by atoms with Crippen molar-refractivity contribution in [2.45, 2.75) is 32.5 Å². The molecule has 0 amide bonds. The first-order chi connectivity index (χ1) is 10.5. The summed E-state index contributed by atoms with van der Waals surface area (Å²) in [7, 11) is 0. The normalized spacial score (nSPS) is 12.7. The predicted molar refractivity (Wildman–Crippen MR) is 80.4 cm³/mol. The molecule has 2 nitrogen and oxygen atoms in total. The highest BCUT2D eigenvalue weighted by atomic mass is 19.3. The summed E-state index contributed by atoms with van der Waals surface area (Å²) in [6.45, 7) is 3.53. The average molecular weight is 301 g/mol. The van der Waals surface area contributed by atoms with Crippen molar-refractivity contribution in [2.24, 2.45) is 0 Å². The average Bonchev–Trinajstić information content (AvgIpc) is 2.54. The van der Waals surface area contributed by atoms with Gasteiger partial charge in [0.2, 0.25) is 0 Å². The minimum atomic E-state index is -3.36. The van der Waals surface area contributed by atoms with Crippen molar-refractivity contribution in [3.05, 3.63) is 70.8 Å². The van der Waals surface area contributed by atoms with Gasteiger partial charge in [-0.2, -0.15) is 14.0 Å². The van der Waals surface area contributed by atoms with E-state index in [1.807, 2.05) is 13.0 Å². The zero-order chi connectivity index (χ0) is 16.2. The second-order valence-corrected chi connectivity index (χ2v) is 5.06. The molecule has 2 aromatic carbocycles. The Balaban J connectivity index is 2.13. The summed E-state index contributed by atoms with van der Waals surface area (Å²) in [6, 6.07) is 14.6. The molecule has 0 spiro atoms. The van der Waals surface area contributed by atoms with Gasteiger partial charge in [-0.15, -0.1) is 0 Å². The minimum absolute atomic E-state index is 0.162. The first-order valence-electron chi connectivity index (χ1n) is 7.11. The Morgan fingerprint density at radius 3 is 2.18 bits per heavy atom. The van der Waals surface area contributed by atoms with E-state index < -0.39 is 12.2 Å². The Hall–Kier alpha value is -2.25. The van der Waals surface area contributed by atoms with Crippen LogP contribution >= 0.6 is 0 Å². The van der Waals surface area contributed by atoms with Gasteiger partial charge in [0, 0.05) is 0 Å². The molecule has 0 aliphatic rings. The lowest BCUT2D eigenvalue weighted by atomic mass is 10.1. The molecule has 0 fully saturated rings. The summed E-state index contributed by atoms with van der Waals surface area (Å²) in [5.41, 5.74) is 1.92. The third-order valence-corrected chi connectivity index (χ3v) is 3.53. The zero-order valence-corrected chi connectivity index (χ0v) is 12.5. The summed E-state index contributed by atoms with van der Waals surface area (Å²) in [4.78, 5) is 0. The smallest absolute Gasteiger partial charge is 0.309 e. The SMILES string of the molecule is CCc1ccc(C(F)(F)OC(C)c2ccc(C#N)cc2)cc1. The highest BCUT2D eigenvalue weighted by Crippen LogP contribution is 2.35. The molecule has 0 aromatic heterocycles. The van der Waals surface area contributed by atoms with Gasteiger partial charge >= 0.3 is 6.11 Å². The maximum Gasteiger partial charge on any atom is 0.383 e. The molecule has 2 rings (SSSR count). The first kappa shape index (κ1) is 16.1. The molecule has 0 radical (unpaired) electrons. The van der Waals surface area contributed by atoms with Gasteiger partial charge in [-0.05, 0) is 36.6 Å². The van der Waals surface area contributed by atoms with Gasteiger partial charge in [0.15, 0.2) is 0 Å². The molecule has 0 bridgehead atoms. The van der Waals surface area contributed by atoms with Crippen LogP contribution in [-0.2, 0) is 17.3 Å². The van der Waals surface area contributed by atoms with Crippen molar-refractivity contribution >= 4 is 0 Å². The van der Waals surface area contributed by atoms with E-state index in [1.54, 1.807) is 43.3 Å². The standard InChI is InChI=1S/C18H17F2NO/c1-3-14-6-10-17(11-7-14)18(19,20)22-13(2)16-8-4-15(12-21)5-9-16/h4-11,13H,3H2,1-2H3. The molecule has 0 heterocycles. The largest absolute Gasteiger partial charge is 0.383 e. The van der Waals surface area contributed by atoms with Gasteiger partial charge in [0.05, 0.1) is 23.3 Å². The van der Waals surface area contributed by atoms with E-state index in [0.717, 1.165) is 12.0 Å². The van der Waals surface area contributed by atoms with E-state index >= 15 is 0 Å². The van der Waals surface area contributed by atoms with Crippen LogP contribution in [0.5, 0.6) is 0 Å². The predicted octanol–water partition coefficient (Wildman–Crippen LogP) is 4.95. The summed E-state index contributed by atoms with van der Waals surface area (Å²) in [6.07, 6.45) is -3.35. The Morgan fingerprint density at radius 2 is 1.68 bits per heavy atom. The van der Waals surface area contributed by atoms with Crippen LogP contribution < -0.4 is 0 Å². The molecule has 0 N–H and O–H groups in total. The summed E-state index contributed by atoms with van der Waals surface area (Å²) >= 11 is 0. The molecule has 4 heteroatoms. The van der Waals surface area contributed by atoms with Crippen LogP contribution in [0, 0.1) is 11.3 Å². The number of alkyl halides is 2. The van der Waals surface area contributed by atoms with Crippen molar-refractivity contribution in [1.82, 2.24) is 0 Å². The molecule has 0 aliphatic heterocycles. The molecule has 0 aliphatic carbocycles. The van der Waals surface area contributed by atoms with E-state index in [2.05, 4.69) is 0 Å². The van der Waals surface area contributed by atoms with E-state index in [4.69, 9.17) is 10.00 Å². The molecule has 1 unspecified atom stereocenters. The van der Waals surface area contributed by atoms with Crippen LogP contribution in [-0.4, -0.2) is 0 Å². The quantitative estimate of drug-likeness (QED) is 0.783. The highest BCUT2D eigenvalue weighted by molar-refractivity contribution is 5.32. The van der Waals surface area contributed by atoms with E-state index in [0.29, 0.717) is 11.1 Å². The van der Waals surface area contributed by atoms with Crippen LogP contribution in [0.3, 0.4) is 0 Å². The number of rotatable bonds is 5. The second-order valence-electron chi connectivity index (χ2n) is 5.06. The Kier molecular flexibility index (Phi) is 4.89. The monoisotopic (exact) mass is 301 g/mol. The van der Waals surface area contributed by atoms with Gasteiger partial charge in [-0.3, -0.25) is 0 Å². The van der Waals surface area contributed by atoms with E-state index in [9.17, 15) is 8.78 Å². The maximum absolute atomic E-state index is 14.2. The molecular weight excluding hydrogens is 284 g/mol. The molecule has 1 atom stereocenters. The topological polar surface area (TPSA) is 33.0 Å². The number of nitriles is 1. The fourth-order valence-corrected chi connectivity index (χ4v) is 2.12. The number of nitrogens with zero attached hydrogens (tertiary/aromatic N) is 1. The number of ether oxygens (including phenoxy) is 1. The molecule has 0 saturated carbocycles. The van der Waals surface area contributed by atoms with Gasteiger partial charge in [-0.1, -0.05) is 43.3 Å². The number of hydrogen-bond acceptors (Lipinski definition) is 2. The van der Waals surface area contributed by atoms with Crippen LogP contribution in [0.25, 0.3) is 0 Å². The second kappa shape index (κ2) is 6.67. The summed E-state index contributed by atoms with van der Waals surface area (Å²) in [5, 5.41) is 8.74. The molecular formula is C18H17F2NO. The van der Waals surface area contributed by atoms with Crippen molar-refractivity contribution in [2.75, 3.05) is 0 Å². The van der Waals surface area contributed by atoms with Crippen molar-refractivity contribution < 1.29 is 13.5 Å². The number of halogens is 2. The fourth-order valence-electron chi connectivity index (χ4n) is 2.12. The Bertz CT molecular complexity index is 657. The van der Waals surface area contributed by atoms with Crippen LogP contribution in [0.15, 0.2) is 48.5 Å². The van der Waals surface area contributed by atoms with Crippen molar-refractivity contribution in [3.8, 4) is 6.07 Å². The lowest BCUT2D eigenvalue weighted by Gasteiger charge is -2.22. The lowest BCUT2D eigenvalue weighted by Crippen LogP contribution is -2.20. The lowest BCUT2D eigenvalue weighted by molar-refractivity contribution is -0.272. The molecule has 114 valence electrons. The Morgan fingerprint density at radius 1 is 1.09 bits per heavy atom. The summed E-state index contributed by atoms with van der Waals surface area (Å²) < 4.78 is 33.3. The minimum Gasteiger partial charge on any atom is -0.309 e. The van der Waals surface area contributed by atoms with Crippen LogP contribution in [0.1, 0.15) is 42.2 Å². The van der Waals surface area contributed by atoms with Gasteiger partial charge in [-0.25, -0.2) is 0 Å². The number of aryl methyl sites for hydroxylation is 1. The fraction of sp³-hybridized carbons (Fsp3) is 0.278. The van der Waals surface area contributed by atoms with E-state index in [1.165, 1.54) is 12.1 Å². The zero-order valence-electron chi connectivity index (χ0n) is 12.5. The first-order valence-corrected chi connectivity index (χ1v) is 7.11. The molecule has 0 saturated heterocycles. The van der Waals surface area contributed by atoms with Gasteiger partial charge in [0.1, 0.15) is 0 Å². The number of benzene rings is 2. The third-order valence-electron chi connectivity index (χ3n) is 3.53. The van der Waals surface area contributed by atoms with Gasteiger partial charge < -0.3 is 4.74 Å². The number of hydrogen-bond donors (Lipinski definition) is 0.